The van der Waals surface area contributed by atoms with Crippen LogP contribution in [-0.4, -0.2) is 32.1 Å². The summed E-state index contributed by atoms with van der Waals surface area (Å²) < 4.78 is 2.83. The van der Waals surface area contributed by atoms with Crippen LogP contribution < -0.4 is 11.1 Å². The first-order valence-electron chi connectivity index (χ1n) is 9.78. The molecule has 0 spiro atoms. The first-order valence-corrected chi connectivity index (χ1v) is 9.78. The van der Waals surface area contributed by atoms with Gasteiger partial charge in [-0.05, 0) is 37.5 Å². The molecule has 0 bridgehead atoms. The second-order valence-corrected chi connectivity index (χ2v) is 7.69. The molecule has 0 amide bonds. The van der Waals surface area contributed by atoms with Gasteiger partial charge in [0.05, 0.1) is 5.52 Å². The highest BCUT2D eigenvalue weighted by Crippen LogP contribution is 2.25. The number of aromatic nitrogens is 3. The summed E-state index contributed by atoms with van der Waals surface area (Å²) in [5.74, 6) is 0. The molecule has 4 rings (SSSR count). The number of hydrogen-bond acceptors (Lipinski definition) is 5. The molecule has 3 heterocycles. The van der Waals surface area contributed by atoms with E-state index in [9.17, 15) is 14.9 Å². The summed E-state index contributed by atoms with van der Waals surface area (Å²) >= 11 is 0. The van der Waals surface area contributed by atoms with Crippen LogP contribution in [0.3, 0.4) is 0 Å². The summed E-state index contributed by atoms with van der Waals surface area (Å²) in [6.07, 6.45) is 1.51. The minimum absolute atomic E-state index is 0.103. The van der Waals surface area contributed by atoms with Crippen LogP contribution in [0.1, 0.15) is 35.7 Å². The Hall–Kier alpha value is -3.24. The maximum absolute atomic E-state index is 12.8. The second-order valence-electron chi connectivity index (χ2n) is 7.69. The molecule has 29 heavy (non-hydrogen) atoms. The first-order chi connectivity index (χ1) is 14.0. The third kappa shape index (κ3) is 3.59. The number of nitrogens with zero attached hydrogens (tertiary/aromatic N) is 5. The Balaban J connectivity index is 1.64. The Labute approximate surface area is 168 Å². The Morgan fingerprint density at radius 1 is 1.14 bits per heavy atom. The number of likely N-dealkylation sites (tertiary alicyclic amines) is 1. The molecule has 1 aliphatic heterocycles. The van der Waals surface area contributed by atoms with Gasteiger partial charge in [0.15, 0.2) is 5.65 Å². The molecule has 7 heteroatoms. The average molecular weight is 389 g/mol. The van der Waals surface area contributed by atoms with Crippen molar-refractivity contribution in [3.05, 3.63) is 73.9 Å². The summed E-state index contributed by atoms with van der Waals surface area (Å²) in [4.78, 5) is 32.0. The maximum atomic E-state index is 12.8. The zero-order valence-corrected chi connectivity index (χ0v) is 16.6. The van der Waals surface area contributed by atoms with Gasteiger partial charge in [0.2, 0.25) is 0 Å². The molecule has 0 aliphatic carbocycles. The molecule has 7 nitrogen and oxygen atoms in total. The lowest BCUT2D eigenvalue weighted by Gasteiger charge is -2.33. The molecule has 1 aliphatic rings. The predicted octanol–water partition coefficient (Wildman–Crippen LogP) is 2.11. The Kier molecular flexibility index (Phi) is 5.03. The van der Waals surface area contributed by atoms with E-state index in [-0.39, 0.29) is 11.7 Å². The lowest BCUT2D eigenvalue weighted by molar-refractivity contribution is 0.179. The van der Waals surface area contributed by atoms with Crippen LogP contribution in [0.5, 0.6) is 0 Å². The standard InChI is InChI=1S/C22H23N5O2/c1-15-4-3-5-16(12-15)14-26-10-8-18(9-11-26)27-20-19(7-6-17(13-23)24-20)25(2)21(28)22(27)29/h3-7,12,18H,8-11,14H2,1-2H3. The molecular weight excluding hydrogens is 366 g/mol. The largest absolute Gasteiger partial charge is 0.318 e. The van der Waals surface area contributed by atoms with E-state index in [1.165, 1.54) is 20.3 Å². The van der Waals surface area contributed by atoms with E-state index in [1.807, 2.05) is 6.07 Å². The predicted molar refractivity (Wildman–Crippen MR) is 111 cm³/mol. The minimum Gasteiger partial charge on any atom is -0.304 e. The summed E-state index contributed by atoms with van der Waals surface area (Å²) in [7, 11) is 1.56. The van der Waals surface area contributed by atoms with Crippen molar-refractivity contribution in [1.82, 2.24) is 19.0 Å². The third-order valence-corrected chi connectivity index (χ3v) is 5.68. The lowest BCUT2D eigenvalue weighted by atomic mass is 10.0. The highest BCUT2D eigenvalue weighted by molar-refractivity contribution is 5.71. The quantitative estimate of drug-likeness (QED) is 0.641. The summed E-state index contributed by atoms with van der Waals surface area (Å²) in [5.41, 5.74) is 2.60. The van der Waals surface area contributed by atoms with E-state index in [1.54, 1.807) is 19.2 Å². The van der Waals surface area contributed by atoms with E-state index >= 15 is 0 Å². The molecule has 0 radical (unpaired) electrons. The molecule has 0 saturated carbocycles. The van der Waals surface area contributed by atoms with Crippen LogP contribution in [0.4, 0.5) is 0 Å². The molecule has 0 N–H and O–H groups in total. The van der Waals surface area contributed by atoms with E-state index in [0.717, 1.165) is 32.5 Å². The van der Waals surface area contributed by atoms with Gasteiger partial charge in [-0.25, -0.2) is 4.98 Å². The topological polar surface area (TPSA) is 83.9 Å². The van der Waals surface area contributed by atoms with Gasteiger partial charge in [0.25, 0.3) is 0 Å². The van der Waals surface area contributed by atoms with Gasteiger partial charge in [0.1, 0.15) is 11.8 Å². The van der Waals surface area contributed by atoms with E-state index in [4.69, 9.17) is 0 Å². The maximum Gasteiger partial charge on any atom is 0.318 e. The first kappa shape index (κ1) is 19.1. The van der Waals surface area contributed by atoms with E-state index in [2.05, 4.69) is 41.1 Å². The molecule has 2 aromatic heterocycles. The summed E-state index contributed by atoms with van der Waals surface area (Å²) in [6.45, 7) is 4.63. The molecule has 0 unspecified atom stereocenters. The van der Waals surface area contributed by atoms with Gasteiger partial charge in [-0.15, -0.1) is 0 Å². The highest BCUT2D eigenvalue weighted by Gasteiger charge is 2.25. The van der Waals surface area contributed by atoms with Gasteiger partial charge in [-0.3, -0.25) is 19.1 Å². The van der Waals surface area contributed by atoms with Gasteiger partial charge < -0.3 is 4.57 Å². The number of fused-ring (bicyclic) bond motifs is 1. The summed E-state index contributed by atoms with van der Waals surface area (Å²) in [5, 5.41) is 9.21. The number of pyridine rings is 1. The Morgan fingerprint density at radius 2 is 1.90 bits per heavy atom. The van der Waals surface area contributed by atoms with Gasteiger partial charge in [-0.2, -0.15) is 5.26 Å². The molecule has 1 saturated heterocycles. The third-order valence-electron chi connectivity index (χ3n) is 5.68. The van der Waals surface area contributed by atoms with Crippen molar-refractivity contribution in [1.29, 1.82) is 5.26 Å². The molecule has 0 atom stereocenters. The zero-order chi connectivity index (χ0) is 20.5. The van der Waals surface area contributed by atoms with Gasteiger partial charge >= 0.3 is 11.1 Å². The zero-order valence-electron chi connectivity index (χ0n) is 16.6. The smallest absolute Gasteiger partial charge is 0.304 e. The minimum atomic E-state index is -0.570. The normalized spacial score (nSPS) is 15.5. The van der Waals surface area contributed by atoms with Crippen LogP contribution in [0.2, 0.25) is 0 Å². The van der Waals surface area contributed by atoms with Crippen molar-refractivity contribution in [3.63, 3.8) is 0 Å². The van der Waals surface area contributed by atoms with Gasteiger partial charge in [-0.1, -0.05) is 29.8 Å². The molecule has 1 aromatic carbocycles. The van der Waals surface area contributed by atoms with Crippen LogP contribution in [-0.2, 0) is 13.6 Å². The number of nitriles is 1. The SMILES string of the molecule is Cc1cccc(CN2CCC(n3c(=O)c(=O)n(C)c4ccc(C#N)nc43)CC2)c1. The fourth-order valence-corrected chi connectivity index (χ4v) is 4.14. The van der Waals surface area contributed by atoms with Crippen molar-refractivity contribution < 1.29 is 0 Å². The molecular formula is C22H23N5O2. The summed E-state index contributed by atoms with van der Waals surface area (Å²) in [6, 6.07) is 13.7. The van der Waals surface area contributed by atoms with Crippen molar-refractivity contribution in [2.45, 2.75) is 32.4 Å². The lowest BCUT2D eigenvalue weighted by Crippen LogP contribution is -2.45. The number of hydrogen-bond donors (Lipinski definition) is 0. The average Bonchev–Trinajstić information content (AvgIpc) is 2.73. The van der Waals surface area contributed by atoms with Crippen LogP contribution >= 0.6 is 0 Å². The van der Waals surface area contributed by atoms with Crippen molar-refractivity contribution in [2.24, 2.45) is 7.05 Å². The van der Waals surface area contributed by atoms with E-state index in [0.29, 0.717) is 11.2 Å². The molecule has 1 fully saturated rings. The molecule has 3 aromatic rings. The van der Waals surface area contributed by atoms with Crippen LogP contribution in [0.15, 0.2) is 46.0 Å². The highest BCUT2D eigenvalue weighted by atomic mass is 16.2. The van der Waals surface area contributed by atoms with E-state index < -0.39 is 11.1 Å². The Bertz CT molecular complexity index is 1230. The monoisotopic (exact) mass is 389 g/mol. The molecule has 148 valence electrons. The Morgan fingerprint density at radius 3 is 2.59 bits per heavy atom. The number of piperidine rings is 1. The van der Waals surface area contributed by atoms with Crippen molar-refractivity contribution >= 4 is 11.2 Å². The van der Waals surface area contributed by atoms with Crippen molar-refractivity contribution in [2.75, 3.05) is 13.1 Å². The number of benzene rings is 1. The van der Waals surface area contributed by atoms with Crippen molar-refractivity contribution in [3.8, 4) is 6.07 Å². The second kappa shape index (κ2) is 7.64. The van der Waals surface area contributed by atoms with Crippen LogP contribution in [0.25, 0.3) is 11.2 Å². The van der Waals surface area contributed by atoms with Gasteiger partial charge in [0, 0.05) is 32.7 Å². The van der Waals surface area contributed by atoms with Crippen LogP contribution in [0, 0.1) is 18.3 Å². The fraction of sp³-hybridized carbons (Fsp3) is 0.364. The number of aryl methyl sites for hydroxylation is 2. The number of rotatable bonds is 3. The fourth-order valence-electron chi connectivity index (χ4n) is 4.14.